The molecule has 1 heterocycles. The molecule has 2 rings (SSSR count). The molecule has 0 saturated heterocycles. The maximum absolute atomic E-state index is 8.81. The van der Waals surface area contributed by atoms with Crippen molar-refractivity contribution >= 4 is 15.9 Å². The molecule has 0 fully saturated rings. The maximum atomic E-state index is 8.81. The highest BCUT2D eigenvalue weighted by molar-refractivity contribution is 9.10. The van der Waals surface area contributed by atoms with Gasteiger partial charge in [-0.15, -0.1) is 0 Å². The van der Waals surface area contributed by atoms with Crippen LogP contribution in [0.4, 0.5) is 0 Å². The van der Waals surface area contributed by atoms with Crippen LogP contribution in [0.15, 0.2) is 34.9 Å². The van der Waals surface area contributed by atoms with Crippen LogP contribution in [0, 0.1) is 18.3 Å². The van der Waals surface area contributed by atoms with E-state index in [-0.39, 0.29) is 0 Å². The van der Waals surface area contributed by atoms with Gasteiger partial charge in [-0.25, -0.2) is 4.68 Å². The summed E-state index contributed by atoms with van der Waals surface area (Å²) in [6.07, 6.45) is 1.73. The Kier molecular flexibility index (Phi) is 2.57. The van der Waals surface area contributed by atoms with Crippen molar-refractivity contribution in [3.63, 3.8) is 0 Å². The number of hydrogen-bond donors (Lipinski definition) is 0. The molecule has 0 atom stereocenters. The summed E-state index contributed by atoms with van der Waals surface area (Å²) in [5.74, 6) is 0. The number of aromatic nitrogens is 2. The van der Waals surface area contributed by atoms with E-state index in [4.69, 9.17) is 5.26 Å². The maximum Gasteiger partial charge on any atom is 0.103 e. The zero-order valence-electron chi connectivity index (χ0n) is 8.11. The van der Waals surface area contributed by atoms with Gasteiger partial charge in [-0.05, 0) is 31.2 Å². The van der Waals surface area contributed by atoms with Gasteiger partial charge in [0.1, 0.15) is 6.07 Å². The van der Waals surface area contributed by atoms with Crippen LogP contribution in [0.1, 0.15) is 11.3 Å². The van der Waals surface area contributed by atoms with E-state index >= 15 is 0 Å². The lowest BCUT2D eigenvalue weighted by Gasteiger charge is -1.99. The number of rotatable bonds is 1. The number of benzene rings is 1. The molecule has 0 aliphatic heterocycles. The van der Waals surface area contributed by atoms with Crippen molar-refractivity contribution in [1.29, 1.82) is 5.26 Å². The van der Waals surface area contributed by atoms with Crippen LogP contribution >= 0.6 is 15.9 Å². The van der Waals surface area contributed by atoms with Crippen LogP contribution in [-0.2, 0) is 0 Å². The topological polar surface area (TPSA) is 41.6 Å². The highest BCUT2D eigenvalue weighted by atomic mass is 79.9. The van der Waals surface area contributed by atoms with Gasteiger partial charge >= 0.3 is 0 Å². The Morgan fingerprint density at radius 3 is 2.53 bits per heavy atom. The third-order valence-electron chi connectivity index (χ3n) is 2.11. The molecule has 0 spiro atoms. The van der Waals surface area contributed by atoms with Gasteiger partial charge in [0.25, 0.3) is 0 Å². The van der Waals surface area contributed by atoms with E-state index in [0.29, 0.717) is 5.56 Å². The molecule has 0 aliphatic carbocycles. The van der Waals surface area contributed by atoms with Crippen molar-refractivity contribution in [3.05, 3.63) is 46.2 Å². The molecule has 0 amide bonds. The van der Waals surface area contributed by atoms with Gasteiger partial charge in [-0.2, -0.15) is 10.4 Å². The lowest BCUT2D eigenvalue weighted by atomic mass is 10.3. The molecule has 0 aliphatic rings. The summed E-state index contributed by atoms with van der Waals surface area (Å²) in [5, 5.41) is 13.1. The highest BCUT2D eigenvalue weighted by Gasteiger charge is 2.04. The van der Waals surface area contributed by atoms with Gasteiger partial charge in [-0.3, -0.25) is 0 Å². The Bertz CT molecular complexity index is 520. The first kappa shape index (κ1) is 9.94. The molecule has 0 N–H and O–H groups in total. The van der Waals surface area contributed by atoms with Crippen LogP contribution in [0.25, 0.3) is 5.69 Å². The summed E-state index contributed by atoms with van der Waals surface area (Å²) >= 11 is 3.37. The average molecular weight is 262 g/mol. The van der Waals surface area contributed by atoms with Gasteiger partial charge in [0.05, 0.1) is 16.9 Å². The molecule has 15 heavy (non-hydrogen) atoms. The molecule has 3 nitrogen and oxygen atoms in total. The predicted molar refractivity (Wildman–Crippen MR) is 60.7 cm³/mol. The third kappa shape index (κ3) is 1.92. The average Bonchev–Trinajstić information content (AvgIpc) is 2.61. The number of hydrogen-bond acceptors (Lipinski definition) is 2. The lowest BCUT2D eigenvalue weighted by Crippen LogP contribution is -1.93. The van der Waals surface area contributed by atoms with Gasteiger partial charge in [0, 0.05) is 10.7 Å². The first-order valence-corrected chi connectivity index (χ1v) is 5.22. The smallest absolute Gasteiger partial charge is 0.103 e. The SMILES string of the molecule is Cc1nn(-c2ccc(Br)cc2)cc1C#N. The minimum atomic E-state index is 0.609. The minimum Gasteiger partial charge on any atom is -0.239 e. The van der Waals surface area contributed by atoms with Gasteiger partial charge in [0.2, 0.25) is 0 Å². The Labute approximate surface area is 96.1 Å². The summed E-state index contributed by atoms with van der Waals surface area (Å²) in [6, 6.07) is 9.87. The van der Waals surface area contributed by atoms with E-state index in [1.807, 2.05) is 31.2 Å². The van der Waals surface area contributed by atoms with E-state index in [9.17, 15) is 0 Å². The normalized spacial score (nSPS) is 9.93. The number of aryl methyl sites for hydroxylation is 1. The van der Waals surface area contributed by atoms with Crippen LogP contribution in [-0.4, -0.2) is 9.78 Å². The summed E-state index contributed by atoms with van der Waals surface area (Å²) in [7, 11) is 0. The third-order valence-corrected chi connectivity index (χ3v) is 2.64. The van der Waals surface area contributed by atoms with Crippen LogP contribution in [0.5, 0.6) is 0 Å². The van der Waals surface area contributed by atoms with E-state index in [1.54, 1.807) is 10.9 Å². The van der Waals surface area contributed by atoms with Gasteiger partial charge in [0.15, 0.2) is 0 Å². The fourth-order valence-electron chi connectivity index (χ4n) is 1.30. The van der Waals surface area contributed by atoms with Crippen molar-refractivity contribution in [1.82, 2.24) is 9.78 Å². The largest absolute Gasteiger partial charge is 0.239 e. The molecule has 0 bridgehead atoms. The van der Waals surface area contributed by atoms with Crippen molar-refractivity contribution in [2.75, 3.05) is 0 Å². The quantitative estimate of drug-likeness (QED) is 0.792. The molecular weight excluding hydrogens is 254 g/mol. The molecule has 0 radical (unpaired) electrons. The highest BCUT2D eigenvalue weighted by Crippen LogP contribution is 2.15. The van der Waals surface area contributed by atoms with E-state index < -0.39 is 0 Å². The number of nitrogens with zero attached hydrogens (tertiary/aromatic N) is 3. The molecule has 4 heteroatoms. The first-order valence-electron chi connectivity index (χ1n) is 4.43. The van der Waals surface area contributed by atoms with Crippen LogP contribution in [0.3, 0.4) is 0 Å². The molecule has 1 aromatic heterocycles. The van der Waals surface area contributed by atoms with Crippen molar-refractivity contribution < 1.29 is 0 Å². The van der Waals surface area contributed by atoms with E-state index in [1.165, 1.54) is 0 Å². The summed E-state index contributed by atoms with van der Waals surface area (Å²) < 4.78 is 2.73. The molecule has 1 aromatic carbocycles. The molecule has 0 saturated carbocycles. The van der Waals surface area contributed by atoms with Crippen molar-refractivity contribution in [3.8, 4) is 11.8 Å². The molecule has 74 valence electrons. The predicted octanol–water partition coefficient (Wildman–Crippen LogP) is 2.81. The zero-order valence-corrected chi connectivity index (χ0v) is 9.69. The van der Waals surface area contributed by atoms with E-state index in [0.717, 1.165) is 15.9 Å². The second-order valence-electron chi connectivity index (χ2n) is 3.16. The summed E-state index contributed by atoms with van der Waals surface area (Å²) in [4.78, 5) is 0. The minimum absolute atomic E-state index is 0.609. The zero-order chi connectivity index (χ0) is 10.8. The lowest BCUT2D eigenvalue weighted by molar-refractivity contribution is 0.862. The molecule has 2 aromatic rings. The molecular formula is C11H8BrN3. The van der Waals surface area contributed by atoms with Crippen molar-refractivity contribution in [2.45, 2.75) is 6.92 Å². The fraction of sp³-hybridized carbons (Fsp3) is 0.0909. The Morgan fingerprint density at radius 2 is 2.00 bits per heavy atom. The summed E-state index contributed by atoms with van der Waals surface area (Å²) in [6.45, 7) is 1.83. The van der Waals surface area contributed by atoms with Gasteiger partial charge < -0.3 is 0 Å². The van der Waals surface area contributed by atoms with Gasteiger partial charge in [-0.1, -0.05) is 15.9 Å². The van der Waals surface area contributed by atoms with Crippen LogP contribution in [0.2, 0.25) is 0 Å². The fourth-order valence-corrected chi connectivity index (χ4v) is 1.56. The first-order chi connectivity index (χ1) is 7.20. The standard InChI is InChI=1S/C11H8BrN3/c1-8-9(6-13)7-15(14-8)11-4-2-10(12)3-5-11/h2-5,7H,1H3. The number of nitriles is 1. The Balaban J connectivity index is 2.46. The van der Waals surface area contributed by atoms with Crippen LogP contribution < -0.4 is 0 Å². The van der Waals surface area contributed by atoms with E-state index in [2.05, 4.69) is 27.1 Å². The second kappa shape index (κ2) is 3.87. The monoisotopic (exact) mass is 261 g/mol. The summed E-state index contributed by atoms with van der Waals surface area (Å²) in [5.41, 5.74) is 2.31. The Hall–Kier alpha value is -1.60. The Morgan fingerprint density at radius 1 is 1.33 bits per heavy atom. The number of halogens is 1. The second-order valence-corrected chi connectivity index (χ2v) is 4.08. The molecule has 0 unspecified atom stereocenters. The van der Waals surface area contributed by atoms with Crippen molar-refractivity contribution in [2.24, 2.45) is 0 Å².